The molecule has 12 aromatic rings. The molecule has 4 aliphatic rings. The van der Waals surface area contributed by atoms with E-state index in [4.69, 9.17) is 81.9 Å². The van der Waals surface area contributed by atoms with Crippen LogP contribution < -0.4 is 41.9 Å². The van der Waals surface area contributed by atoms with E-state index in [-0.39, 0.29) is 122 Å². The molecule has 0 radical (unpaired) electrons. The molecule has 12 heterocycles. The van der Waals surface area contributed by atoms with Crippen molar-refractivity contribution in [1.82, 2.24) is 78.7 Å². The SMILES string of the molecule is [2H]C([2H])([2H])N1Cc2nn(C)c([N+]#[C-])c2-c2cnc(N)c(c2)O[C@H](C)c2cc(F)ccc2C1=O.[2H]C([2H])([2H])N1Cc2nn(C)c([N+]#[C-])c2-c2cnc(N)c(c2)O[C@H](C)c2cc(F)ccc2C1=O.[2H]C([2H])([2H])[C@]1([2H])Oc2cc(cnc2N)-c2c(nn(C)c2[N+]#[C-])CN(C)C(=O)c2ccc(F)cc21.[C-]#[N+]c1c2c(nn1C)CN(C)C(=O)c1ccc(F)cc1[C@@H](C)Oc1cc-2cnc1N. The lowest BCUT2D eigenvalue weighted by Gasteiger charge is -2.23. The summed E-state index contributed by atoms with van der Waals surface area (Å²) < 4.78 is 166. The van der Waals surface area contributed by atoms with Gasteiger partial charge in [0.15, 0.2) is 46.3 Å². The zero-order valence-electron chi connectivity index (χ0n) is 75.1. The second kappa shape index (κ2) is 33.2. The fraction of sp³-hybridized carbons (Fsp3) is 0.238. The summed E-state index contributed by atoms with van der Waals surface area (Å²) in [6.07, 6.45) is 0.431. The molecule has 32 nitrogen and oxygen atoms in total. The summed E-state index contributed by atoms with van der Waals surface area (Å²) in [6.45, 7) is 25.6. The molecule has 8 bridgehead atoms. The summed E-state index contributed by atoms with van der Waals surface area (Å²) in [5.41, 5.74) is 28.8. The summed E-state index contributed by atoms with van der Waals surface area (Å²) in [7, 11) is 9.41. The van der Waals surface area contributed by atoms with Crippen molar-refractivity contribution in [3.05, 3.63) is 258 Å². The predicted molar refractivity (Wildman–Crippen MR) is 433 cm³/mol. The van der Waals surface area contributed by atoms with Crippen LogP contribution in [0.3, 0.4) is 0 Å². The molecule has 4 amide bonds. The van der Waals surface area contributed by atoms with Gasteiger partial charge in [-0.3, -0.25) is 19.2 Å². The monoisotopic (exact) mass is 1630 g/mol. The van der Waals surface area contributed by atoms with Gasteiger partial charge in [-0.05, 0) is 147 Å². The number of nitrogen functional groups attached to an aromatic ring is 4. The number of fused-ring (bicyclic) bond motifs is 20. The van der Waals surface area contributed by atoms with Gasteiger partial charge in [-0.15, -0.1) is 20.4 Å². The van der Waals surface area contributed by atoms with Gasteiger partial charge >= 0.3 is 0 Å². The second-order valence-corrected chi connectivity index (χ2v) is 27.7. The van der Waals surface area contributed by atoms with E-state index in [2.05, 4.69) is 59.7 Å². The van der Waals surface area contributed by atoms with E-state index in [0.29, 0.717) is 82.6 Å². The number of aryl methyl sites for hydroxylation is 4. The Labute approximate surface area is 698 Å². The number of carbonyl (C=O) groups excluding carboxylic acids is 4. The molecule has 0 saturated carbocycles. The van der Waals surface area contributed by atoms with Crippen molar-refractivity contribution in [2.24, 2.45) is 28.2 Å². The molecule has 0 unspecified atom stereocenters. The number of aromatic nitrogens is 12. The molecule has 4 atom stereocenters. The third kappa shape index (κ3) is 16.0. The van der Waals surface area contributed by atoms with Crippen LogP contribution in [0.4, 0.5) is 64.1 Å². The second-order valence-electron chi connectivity index (χ2n) is 27.7. The molecule has 0 fully saturated rings. The molecular weight excluding hydrogens is 1550 g/mol. The number of amides is 4. The smallest absolute Gasteiger partial charge is 0.260 e. The Bertz CT molecular complexity index is 6610. The molecule has 16 rings (SSSR count). The molecule has 4 aromatic carbocycles. The third-order valence-corrected chi connectivity index (χ3v) is 19.7. The van der Waals surface area contributed by atoms with Crippen LogP contribution in [0.2, 0.25) is 0 Å². The van der Waals surface area contributed by atoms with Gasteiger partial charge in [0.2, 0.25) is 0 Å². The molecule has 608 valence electrons. The number of benzene rings is 4. The van der Waals surface area contributed by atoms with Crippen molar-refractivity contribution in [3.8, 4) is 67.5 Å². The molecule has 4 aliphatic heterocycles. The van der Waals surface area contributed by atoms with Gasteiger partial charge in [-0.1, -0.05) is 26.3 Å². The number of rotatable bonds is 0. The molecule has 8 aromatic heterocycles. The van der Waals surface area contributed by atoms with Gasteiger partial charge in [0, 0.05) is 132 Å². The maximum absolute atomic E-state index is 14.3. The Hall–Kier alpha value is -15.7. The number of nitrogens with two attached hydrogens (primary N) is 4. The fourth-order valence-electron chi connectivity index (χ4n) is 13.9. The minimum Gasteiger partial charge on any atom is -0.482 e. The number of ether oxygens (including phenoxy) is 4. The first-order valence-electron chi connectivity index (χ1n) is 41.0. The number of nitrogens with zero attached hydrogens (tertiary/aromatic N) is 20. The standard InChI is InChI=1S/4C21H19FN6O2/c4*1-11-15-8-13(22)5-6-14(15)21(29)27(3)10-16-18(20(24-2)28(4)26-16)12-7-17(30-11)19(23)25-9-12/h4*5-9,11H,10H2,1,3-4H3,(H2,23,25)/t4*11-/m1110/s1/i2*3D3;;1D3,11D. The topological polar surface area (TPSA) is 363 Å². The van der Waals surface area contributed by atoms with Crippen LogP contribution in [0.25, 0.3) is 63.9 Å². The maximum atomic E-state index is 14.3. The van der Waals surface area contributed by atoms with Crippen molar-refractivity contribution in [3.63, 3.8) is 0 Å². The number of pyridine rings is 4. The number of anilines is 4. The number of hydrogen-bond acceptors (Lipinski definition) is 20. The van der Waals surface area contributed by atoms with E-state index in [1.165, 1.54) is 90.6 Å². The summed E-state index contributed by atoms with van der Waals surface area (Å²) in [5, 5.41) is 17.4. The van der Waals surface area contributed by atoms with Crippen molar-refractivity contribution >= 4 is 70.2 Å². The fourth-order valence-corrected chi connectivity index (χ4v) is 13.9. The first-order valence-corrected chi connectivity index (χ1v) is 36.0. The van der Waals surface area contributed by atoms with E-state index >= 15 is 0 Å². The Kier molecular flexibility index (Phi) is 19.3. The number of carbonyl (C=O) groups is 4. The third-order valence-electron chi connectivity index (χ3n) is 19.7. The highest BCUT2D eigenvalue weighted by Gasteiger charge is 2.34. The van der Waals surface area contributed by atoms with Gasteiger partial charge in [0.1, 0.15) is 70.4 Å². The minimum absolute atomic E-state index is 0.0360. The molecular formula is C84H76F4N24O8. The van der Waals surface area contributed by atoms with Crippen LogP contribution in [-0.2, 0) is 54.4 Å². The molecule has 36 heteroatoms. The normalized spacial score (nSPS) is 18.1. The average molecular weight is 1640 g/mol. The summed E-state index contributed by atoms with van der Waals surface area (Å²) in [4.78, 5) is 88.2. The van der Waals surface area contributed by atoms with Gasteiger partial charge in [0.25, 0.3) is 46.9 Å². The first kappa shape index (κ1) is 69.8. The quantitative estimate of drug-likeness (QED) is 0.0809. The lowest BCUT2D eigenvalue weighted by atomic mass is 10.0. The Morgan fingerprint density at radius 1 is 0.383 bits per heavy atom. The summed E-state index contributed by atoms with van der Waals surface area (Å²) in [5.74, 6) is -4.11. The van der Waals surface area contributed by atoms with E-state index < -0.39 is 105 Å². The number of halogens is 4. The van der Waals surface area contributed by atoms with Crippen molar-refractivity contribution in [1.29, 1.82) is 0 Å². The van der Waals surface area contributed by atoms with E-state index in [0.717, 1.165) is 42.5 Å². The Balaban J connectivity index is 0.000000148. The first-order chi connectivity index (χ1) is 61.2. The Morgan fingerprint density at radius 3 is 0.883 bits per heavy atom. The highest BCUT2D eigenvalue weighted by Crippen LogP contribution is 2.45. The highest BCUT2D eigenvalue weighted by atomic mass is 19.1. The van der Waals surface area contributed by atoms with Gasteiger partial charge in [-0.25, -0.2) is 56.2 Å². The van der Waals surface area contributed by atoms with Crippen LogP contribution in [0, 0.1) is 49.6 Å². The van der Waals surface area contributed by atoms with E-state index in [9.17, 15) is 36.7 Å². The van der Waals surface area contributed by atoms with Crippen molar-refractivity contribution in [2.75, 3.05) is 51.0 Å². The largest absolute Gasteiger partial charge is 0.482 e. The van der Waals surface area contributed by atoms with Gasteiger partial charge in [0.05, 0.1) is 55.7 Å². The summed E-state index contributed by atoms with van der Waals surface area (Å²) >= 11 is 0. The summed E-state index contributed by atoms with van der Waals surface area (Å²) in [6, 6.07) is 19.9. The molecule has 0 aliphatic carbocycles. The van der Waals surface area contributed by atoms with Crippen molar-refractivity contribution in [2.45, 2.75) is 78.2 Å². The van der Waals surface area contributed by atoms with E-state index in [1.807, 2.05) is 0 Å². The molecule has 0 saturated heterocycles. The van der Waals surface area contributed by atoms with Crippen LogP contribution in [-0.4, -0.2) is 130 Å². The van der Waals surface area contributed by atoms with Crippen LogP contribution in [0.1, 0.15) is 152 Å². The number of hydrogen-bond donors (Lipinski definition) is 4. The maximum Gasteiger partial charge on any atom is 0.260 e. The minimum atomic E-state index is -3.16. The zero-order valence-corrected chi connectivity index (χ0v) is 65.1. The zero-order chi connectivity index (χ0) is 94.7. The lowest BCUT2D eigenvalue weighted by molar-refractivity contribution is 0.0771. The molecule has 120 heavy (non-hydrogen) atoms. The highest BCUT2D eigenvalue weighted by molar-refractivity contribution is 5.99. The Morgan fingerprint density at radius 2 is 0.625 bits per heavy atom. The van der Waals surface area contributed by atoms with E-state index in [1.54, 1.807) is 80.4 Å². The van der Waals surface area contributed by atoms with Crippen LogP contribution >= 0.6 is 0 Å². The molecule has 0 spiro atoms. The van der Waals surface area contributed by atoms with Gasteiger partial charge < -0.3 is 80.9 Å². The van der Waals surface area contributed by atoms with Crippen LogP contribution in [0.5, 0.6) is 23.0 Å². The molecule has 8 N–H and O–H groups in total. The van der Waals surface area contributed by atoms with Gasteiger partial charge in [-0.2, -0.15) is 0 Å². The van der Waals surface area contributed by atoms with Crippen molar-refractivity contribution < 1.29 is 69.4 Å². The predicted octanol–water partition coefficient (Wildman–Crippen LogP) is 13.9. The lowest BCUT2D eigenvalue weighted by Crippen LogP contribution is -2.28. The average Bonchev–Trinajstić information content (AvgIpc) is 1.18. The van der Waals surface area contributed by atoms with Crippen LogP contribution in [0.15, 0.2) is 122 Å².